The summed E-state index contributed by atoms with van der Waals surface area (Å²) in [7, 11) is 0. The van der Waals surface area contributed by atoms with Gasteiger partial charge in [-0.05, 0) is 36.6 Å². The average Bonchev–Trinajstić information content (AvgIpc) is 2.90. The van der Waals surface area contributed by atoms with Gasteiger partial charge in [0.05, 0.1) is 13.2 Å². The van der Waals surface area contributed by atoms with Crippen molar-refractivity contribution in [1.29, 1.82) is 0 Å². The molecule has 1 aliphatic heterocycles. The Labute approximate surface area is 124 Å². The van der Waals surface area contributed by atoms with E-state index in [4.69, 9.17) is 9.47 Å². The number of nitrogens with one attached hydrogen (secondary N) is 1. The first kappa shape index (κ1) is 16.2. The normalized spacial score (nSPS) is 18.4. The molecule has 0 saturated carbocycles. The fourth-order valence-corrected chi connectivity index (χ4v) is 2.27. The smallest absolute Gasteiger partial charge is 0.190 e. The predicted octanol–water partition coefficient (Wildman–Crippen LogP) is 3.13. The summed E-state index contributed by atoms with van der Waals surface area (Å²) < 4.78 is 38.4. The topological polar surface area (TPSA) is 30.5 Å². The Kier molecular flexibility index (Phi) is 5.94. The maximum absolute atomic E-state index is 13.9. The number of benzene rings is 1. The van der Waals surface area contributed by atoms with Gasteiger partial charge in [0, 0.05) is 19.1 Å². The predicted molar refractivity (Wildman–Crippen MR) is 77.3 cm³/mol. The Morgan fingerprint density at radius 1 is 1.33 bits per heavy atom. The molecule has 0 spiro atoms. The first-order valence-electron chi connectivity index (χ1n) is 7.45. The summed E-state index contributed by atoms with van der Waals surface area (Å²) in [5, 5.41) is 3.16. The minimum atomic E-state index is -0.643. The van der Waals surface area contributed by atoms with Crippen molar-refractivity contribution in [3.05, 3.63) is 29.3 Å². The Morgan fingerprint density at radius 3 is 2.62 bits per heavy atom. The third kappa shape index (κ3) is 4.93. The van der Waals surface area contributed by atoms with Crippen LogP contribution in [0.15, 0.2) is 12.1 Å². The van der Waals surface area contributed by atoms with Crippen LogP contribution in [0.5, 0.6) is 5.75 Å². The zero-order valence-electron chi connectivity index (χ0n) is 12.6. The SMILES string of the molecule is CC(C)CNCc1cc(F)c(OCC2CCOC2)c(F)c1. The molecule has 0 aromatic heterocycles. The molecule has 1 heterocycles. The molecule has 1 fully saturated rings. The van der Waals surface area contributed by atoms with E-state index in [1.165, 1.54) is 12.1 Å². The van der Waals surface area contributed by atoms with Gasteiger partial charge in [0.25, 0.3) is 0 Å². The molecule has 0 radical (unpaired) electrons. The fraction of sp³-hybridized carbons (Fsp3) is 0.625. The molecule has 5 heteroatoms. The van der Waals surface area contributed by atoms with Gasteiger partial charge in [-0.2, -0.15) is 0 Å². The molecule has 3 nitrogen and oxygen atoms in total. The minimum absolute atomic E-state index is 0.219. The van der Waals surface area contributed by atoms with Crippen LogP contribution in [-0.4, -0.2) is 26.4 Å². The Balaban J connectivity index is 1.92. The van der Waals surface area contributed by atoms with E-state index in [0.717, 1.165) is 13.0 Å². The van der Waals surface area contributed by atoms with Crippen LogP contribution in [0.3, 0.4) is 0 Å². The minimum Gasteiger partial charge on any atom is -0.487 e. The third-order valence-electron chi connectivity index (χ3n) is 3.43. The summed E-state index contributed by atoms with van der Waals surface area (Å²) in [4.78, 5) is 0. The molecule has 0 aliphatic carbocycles. The van der Waals surface area contributed by atoms with Crippen molar-refractivity contribution in [3.63, 3.8) is 0 Å². The van der Waals surface area contributed by atoms with Gasteiger partial charge in [-0.25, -0.2) is 8.78 Å². The molecule has 1 atom stereocenters. The Morgan fingerprint density at radius 2 is 2.05 bits per heavy atom. The van der Waals surface area contributed by atoms with E-state index in [0.29, 0.717) is 37.8 Å². The summed E-state index contributed by atoms with van der Waals surface area (Å²) in [5.41, 5.74) is 0.585. The van der Waals surface area contributed by atoms with Gasteiger partial charge in [-0.1, -0.05) is 13.8 Å². The summed E-state index contributed by atoms with van der Waals surface area (Å²) in [6, 6.07) is 2.66. The average molecular weight is 299 g/mol. The van der Waals surface area contributed by atoms with Gasteiger partial charge in [-0.15, -0.1) is 0 Å². The van der Waals surface area contributed by atoms with Crippen molar-refractivity contribution < 1.29 is 18.3 Å². The second-order valence-corrected chi connectivity index (χ2v) is 5.95. The number of halogens is 2. The van der Waals surface area contributed by atoms with Crippen molar-refractivity contribution in [2.75, 3.05) is 26.4 Å². The maximum atomic E-state index is 13.9. The highest BCUT2D eigenvalue weighted by molar-refractivity contribution is 5.31. The van der Waals surface area contributed by atoms with Crippen LogP contribution in [0.4, 0.5) is 8.78 Å². The number of rotatable bonds is 7. The highest BCUT2D eigenvalue weighted by Gasteiger charge is 2.19. The van der Waals surface area contributed by atoms with E-state index < -0.39 is 11.6 Å². The second kappa shape index (κ2) is 7.71. The number of hydrogen-bond donors (Lipinski definition) is 1. The first-order chi connectivity index (χ1) is 10.1. The van der Waals surface area contributed by atoms with Gasteiger partial charge in [-0.3, -0.25) is 0 Å². The van der Waals surface area contributed by atoms with E-state index >= 15 is 0 Å². The van der Waals surface area contributed by atoms with Crippen LogP contribution in [0.1, 0.15) is 25.8 Å². The Bertz CT molecular complexity index is 437. The van der Waals surface area contributed by atoms with Crippen molar-refractivity contribution in [2.45, 2.75) is 26.8 Å². The van der Waals surface area contributed by atoms with Crippen LogP contribution >= 0.6 is 0 Å². The van der Waals surface area contributed by atoms with E-state index in [-0.39, 0.29) is 11.7 Å². The third-order valence-corrected chi connectivity index (χ3v) is 3.43. The summed E-state index contributed by atoms with van der Waals surface area (Å²) in [6.45, 7) is 7.00. The van der Waals surface area contributed by atoms with Crippen molar-refractivity contribution in [2.24, 2.45) is 11.8 Å². The standard InChI is InChI=1S/C16H23F2NO2/c1-11(2)7-19-8-13-5-14(17)16(15(18)6-13)21-10-12-3-4-20-9-12/h5-6,11-12,19H,3-4,7-10H2,1-2H3. The quantitative estimate of drug-likeness (QED) is 0.839. The molecule has 2 rings (SSSR count). The second-order valence-electron chi connectivity index (χ2n) is 5.95. The van der Waals surface area contributed by atoms with Gasteiger partial charge < -0.3 is 14.8 Å². The van der Waals surface area contributed by atoms with E-state index in [2.05, 4.69) is 19.2 Å². The monoisotopic (exact) mass is 299 g/mol. The molecule has 1 unspecified atom stereocenters. The lowest BCUT2D eigenvalue weighted by Crippen LogP contribution is -2.19. The summed E-state index contributed by atoms with van der Waals surface area (Å²) >= 11 is 0. The lowest BCUT2D eigenvalue weighted by molar-refractivity contribution is 0.163. The zero-order valence-corrected chi connectivity index (χ0v) is 12.6. The van der Waals surface area contributed by atoms with Crippen LogP contribution in [0, 0.1) is 23.5 Å². The van der Waals surface area contributed by atoms with Gasteiger partial charge in [0.2, 0.25) is 0 Å². The number of hydrogen-bond acceptors (Lipinski definition) is 3. The summed E-state index contributed by atoms with van der Waals surface area (Å²) in [5.74, 6) is -0.854. The molecule has 1 aromatic carbocycles. The van der Waals surface area contributed by atoms with E-state index in [9.17, 15) is 8.78 Å². The van der Waals surface area contributed by atoms with Crippen molar-refractivity contribution in [3.8, 4) is 5.75 Å². The van der Waals surface area contributed by atoms with Crippen molar-refractivity contribution in [1.82, 2.24) is 5.32 Å². The zero-order chi connectivity index (χ0) is 15.2. The molecule has 1 aliphatic rings. The van der Waals surface area contributed by atoms with Crippen LogP contribution in [0.2, 0.25) is 0 Å². The highest BCUT2D eigenvalue weighted by Crippen LogP contribution is 2.25. The fourth-order valence-electron chi connectivity index (χ4n) is 2.27. The van der Waals surface area contributed by atoms with Gasteiger partial charge >= 0.3 is 0 Å². The van der Waals surface area contributed by atoms with Crippen LogP contribution in [-0.2, 0) is 11.3 Å². The molecule has 0 amide bonds. The molecule has 118 valence electrons. The van der Waals surface area contributed by atoms with E-state index in [1.807, 2.05) is 0 Å². The highest BCUT2D eigenvalue weighted by atomic mass is 19.1. The van der Waals surface area contributed by atoms with Crippen LogP contribution < -0.4 is 10.1 Å². The molecular formula is C16H23F2NO2. The first-order valence-corrected chi connectivity index (χ1v) is 7.45. The molecular weight excluding hydrogens is 276 g/mol. The molecule has 0 bridgehead atoms. The molecule has 1 N–H and O–H groups in total. The largest absolute Gasteiger partial charge is 0.487 e. The Hall–Kier alpha value is -1.20. The maximum Gasteiger partial charge on any atom is 0.190 e. The lowest BCUT2D eigenvalue weighted by atomic mass is 10.1. The van der Waals surface area contributed by atoms with Gasteiger partial charge in [0.15, 0.2) is 17.4 Å². The van der Waals surface area contributed by atoms with Gasteiger partial charge in [0.1, 0.15) is 0 Å². The number of ether oxygens (including phenoxy) is 2. The van der Waals surface area contributed by atoms with Crippen molar-refractivity contribution >= 4 is 0 Å². The molecule has 21 heavy (non-hydrogen) atoms. The molecule has 1 aromatic rings. The molecule has 1 saturated heterocycles. The van der Waals surface area contributed by atoms with E-state index in [1.54, 1.807) is 0 Å². The summed E-state index contributed by atoms with van der Waals surface area (Å²) in [6.07, 6.45) is 0.875. The van der Waals surface area contributed by atoms with Crippen LogP contribution in [0.25, 0.3) is 0 Å². The lowest BCUT2D eigenvalue weighted by Gasteiger charge is -2.13.